The predicted molar refractivity (Wildman–Crippen MR) is 113 cm³/mol. The molecule has 0 aliphatic carbocycles. The van der Waals surface area contributed by atoms with Crippen molar-refractivity contribution in [3.05, 3.63) is 71.5 Å². The number of nitrogens with one attached hydrogen (secondary N) is 1. The highest BCUT2D eigenvalue weighted by atomic mass is 35.5. The Kier molecular flexibility index (Phi) is 6.71. The Balaban J connectivity index is 1.59. The lowest BCUT2D eigenvalue weighted by atomic mass is 10.3. The van der Waals surface area contributed by atoms with Crippen LogP contribution in [-0.2, 0) is 17.9 Å². The van der Waals surface area contributed by atoms with Crippen LogP contribution < -0.4 is 10.1 Å². The van der Waals surface area contributed by atoms with Crippen LogP contribution >= 0.6 is 11.6 Å². The molecular weight excluding hydrogens is 374 g/mol. The van der Waals surface area contributed by atoms with E-state index in [1.54, 1.807) is 6.92 Å². The largest absolute Gasteiger partial charge is 0.494 e. The lowest BCUT2D eigenvalue weighted by Gasteiger charge is -2.11. The fraction of sp³-hybridized carbons (Fsp3) is 0.273. The lowest BCUT2D eigenvalue weighted by molar-refractivity contribution is -0.117. The van der Waals surface area contributed by atoms with Crippen LogP contribution in [0.1, 0.15) is 25.6 Å². The van der Waals surface area contributed by atoms with Gasteiger partial charge in [0.05, 0.1) is 24.2 Å². The van der Waals surface area contributed by atoms with Gasteiger partial charge in [-0.1, -0.05) is 30.3 Å². The van der Waals surface area contributed by atoms with Crippen LogP contribution in [0, 0.1) is 0 Å². The number of aromatic nitrogens is 2. The Morgan fingerprint density at radius 2 is 1.93 bits per heavy atom. The van der Waals surface area contributed by atoms with Gasteiger partial charge in [-0.05, 0) is 56.2 Å². The topological polar surface area (TPSA) is 56.2 Å². The normalized spacial score (nSPS) is 10.8. The van der Waals surface area contributed by atoms with Crippen molar-refractivity contribution >= 4 is 28.5 Å². The zero-order valence-electron chi connectivity index (χ0n) is 16.0. The first-order valence-electron chi connectivity index (χ1n) is 9.31. The number of para-hydroxylation sites is 2. The average molecular weight is 398 g/mol. The molecule has 0 radical (unpaired) electrons. The van der Waals surface area contributed by atoms with E-state index in [1.807, 2.05) is 42.5 Å². The summed E-state index contributed by atoms with van der Waals surface area (Å²) in [5.74, 6) is 1.50. The molecule has 2 aromatic carbocycles. The van der Waals surface area contributed by atoms with E-state index in [0.29, 0.717) is 23.7 Å². The van der Waals surface area contributed by atoms with Gasteiger partial charge >= 0.3 is 0 Å². The summed E-state index contributed by atoms with van der Waals surface area (Å²) in [5, 5.41) is 3.57. The molecule has 1 heterocycles. The van der Waals surface area contributed by atoms with E-state index in [4.69, 9.17) is 16.3 Å². The second kappa shape index (κ2) is 9.42. The fourth-order valence-corrected chi connectivity index (χ4v) is 3.04. The number of carbonyl (C=O) groups is 1. The van der Waals surface area contributed by atoms with Crippen molar-refractivity contribution in [2.24, 2.45) is 0 Å². The van der Waals surface area contributed by atoms with Gasteiger partial charge in [-0.15, -0.1) is 0 Å². The number of ether oxygens (including phenoxy) is 1. The maximum absolute atomic E-state index is 11.8. The molecule has 28 heavy (non-hydrogen) atoms. The number of hydrogen-bond donors (Lipinski definition) is 1. The summed E-state index contributed by atoms with van der Waals surface area (Å²) < 4.78 is 7.92. The number of unbranched alkanes of at least 4 members (excludes halogenated alkanes) is 1. The Morgan fingerprint density at radius 3 is 2.68 bits per heavy atom. The van der Waals surface area contributed by atoms with E-state index in [0.717, 1.165) is 42.0 Å². The summed E-state index contributed by atoms with van der Waals surface area (Å²) in [7, 11) is 0. The molecule has 0 unspecified atom stereocenters. The molecule has 0 fully saturated rings. The van der Waals surface area contributed by atoms with Crippen LogP contribution in [-0.4, -0.2) is 22.1 Å². The van der Waals surface area contributed by atoms with Crippen LogP contribution in [0.5, 0.6) is 5.75 Å². The zero-order valence-corrected chi connectivity index (χ0v) is 16.7. The third kappa shape index (κ3) is 5.14. The molecule has 0 aliphatic rings. The van der Waals surface area contributed by atoms with E-state index in [-0.39, 0.29) is 5.91 Å². The number of amides is 1. The highest BCUT2D eigenvalue weighted by Gasteiger charge is 2.11. The summed E-state index contributed by atoms with van der Waals surface area (Å²) in [4.78, 5) is 16.5. The highest BCUT2D eigenvalue weighted by Crippen LogP contribution is 2.18. The first-order valence-corrected chi connectivity index (χ1v) is 9.68. The first-order chi connectivity index (χ1) is 13.5. The van der Waals surface area contributed by atoms with Crippen molar-refractivity contribution in [3.63, 3.8) is 0 Å². The van der Waals surface area contributed by atoms with Crippen molar-refractivity contribution < 1.29 is 9.53 Å². The molecule has 0 spiro atoms. The maximum Gasteiger partial charge on any atom is 0.246 e. The first kappa shape index (κ1) is 20.0. The number of halogens is 1. The quantitative estimate of drug-likeness (QED) is 0.419. The number of nitrogens with zero attached hydrogens (tertiary/aromatic N) is 2. The number of carbonyl (C=O) groups excluding carboxylic acids is 1. The molecule has 5 nitrogen and oxygen atoms in total. The minimum absolute atomic E-state index is 0.157. The maximum atomic E-state index is 11.8. The third-order valence-corrected chi connectivity index (χ3v) is 4.64. The van der Waals surface area contributed by atoms with Crippen molar-refractivity contribution in [1.82, 2.24) is 14.9 Å². The van der Waals surface area contributed by atoms with Gasteiger partial charge in [0.15, 0.2) is 0 Å². The molecule has 1 N–H and O–H groups in total. The van der Waals surface area contributed by atoms with E-state index < -0.39 is 0 Å². The summed E-state index contributed by atoms with van der Waals surface area (Å²) >= 11 is 5.88. The van der Waals surface area contributed by atoms with E-state index in [9.17, 15) is 4.79 Å². The SMILES string of the molecule is C=C(C)C(=O)NCc1nc2ccccc2n1CCCCOc1ccc(Cl)cc1. The molecule has 1 aromatic heterocycles. The van der Waals surface area contributed by atoms with Gasteiger partial charge in [0.1, 0.15) is 11.6 Å². The van der Waals surface area contributed by atoms with Gasteiger partial charge in [0.25, 0.3) is 0 Å². The molecule has 6 heteroatoms. The van der Waals surface area contributed by atoms with E-state index >= 15 is 0 Å². The Bertz CT molecular complexity index is 964. The van der Waals surface area contributed by atoms with Crippen molar-refractivity contribution in [2.75, 3.05) is 6.61 Å². The number of imidazole rings is 1. The van der Waals surface area contributed by atoms with Gasteiger partial charge in [0.2, 0.25) is 5.91 Å². The molecule has 3 rings (SSSR count). The van der Waals surface area contributed by atoms with E-state index in [2.05, 4.69) is 27.5 Å². The molecular formula is C22H24ClN3O2. The Labute approximate surface area is 170 Å². The number of benzene rings is 2. The number of hydrogen-bond acceptors (Lipinski definition) is 3. The second-order valence-corrected chi connectivity index (χ2v) is 7.08. The fourth-order valence-electron chi connectivity index (χ4n) is 2.91. The van der Waals surface area contributed by atoms with Gasteiger partial charge < -0.3 is 14.6 Å². The number of fused-ring (bicyclic) bond motifs is 1. The van der Waals surface area contributed by atoms with Crippen molar-refractivity contribution in [1.29, 1.82) is 0 Å². The molecule has 3 aromatic rings. The summed E-state index contributed by atoms with van der Waals surface area (Å²) in [6.45, 7) is 7.19. The highest BCUT2D eigenvalue weighted by molar-refractivity contribution is 6.30. The Hall–Kier alpha value is -2.79. The van der Waals surface area contributed by atoms with Crippen molar-refractivity contribution in [2.45, 2.75) is 32.9 Å². The van der Waals surface area contributed by atoms with Crippen LogP contribution in [0.3, 0.4) is 0 Å². The van der Waals surface area contributed by atoms with Gasteiger partial charge in [0, 0.05) is 17.1 Å². The van der Waals surface area contributed by atoms with Crippen LogP contribution in [0.2, 0.25) is 5.02 Å². The molecule has 0 aliphatic heterocycles. The minimum atomic E-state index is -0.157. The van der Waals surface area contributed by atoms with Crippen LogP contribution in [0.15, 0.2) is 60.7 Å². The Morgan fingerprint density at radius 1 is 1.18 bits per heavy atom. The molecule has 0 bridgehead atoms. The number of aryl methyl sites for hydroxylation is 1. The molecule has 1 amide bonds. The molecule has 0 atom stereocenters. The summed E-state index contributed by atoms with van der Waals surface area (Å²) in [6.07, 6.45) is 1.85. The van der Waals surface area contributed by atoms with Crippen LogP contribution in [0.4, 0.5) is 0 Å². The van der Waals surface area contributed by atoms with E-state index in [1.165, 1.54) is 0 Å². The van der Waals surface area contributed by atoms with Gasteiger partial charge in [-0.2, -0.15) is 0 Å². The smallest absolute Gasteiger partial charge is 0.246 e. The summed E-state index contributed by atoms with van der Waals surface area (Å²) in [5.41, 5.74) is 2.49. The van der Waals surface area contributed by atoms with Crippen molar-refractivity contribution in [3.8, 4) is 5.75 Å². The lowest BCUT2D eigenvalue weighted by Crippen LogP contribution is -2.25. The summed E-state index contributed by atoms with van der Waals surface area (Å²) in [6, 6.07) is 15.4. The predicted octanol–water partition coefficient (Wildman–Crippen LogP) is 4.74. The average Bonchev–Trinajstić information content (AvgIpc) is 3.04. The van der Waals surface area contributed by atoms with Gasteiger partial charge in [-0.25, -0.2) is 4.98 Å². The third-order valence-electron chi connectivity index (χ3n) is 4.39. The molecule has 0 saturated heterocycles. The standard InChI is InChI=1S/C22H24ClN3O2/c1-16(2)22(27)24-15-21-25-19-7-3-4-8-20(19)26(21)13-5-6-14-28-18-11-9-17(23)10-12-18/h3-4,7-12H,1,5-6,13-15H2,2H3,(H,24,27). The van der Waals surface area contributed by atoms with Crippen LogP contribution in [0.25, 0.3) is 11.0 Å². The monoisotopic (exact) mass is 397 g/mol. The molecule has 0 saturated carbocycles. The minimum Gasteiger partial charge on any atom is -0.494 e. The van der Waals surface area contributed by atoms with Gasteiger partial charge in [-0.3, -0.25) is 4.79 Å². The zero-order chi connectivity index (χ0) is 19.9. The number of rotatable bonds is 9. The molecule has 146 valence electrons. The second-order valence-electron chi connectivity index (χ2n) is 6.64.